The molecule has 2 N–H and O–H groups in total. The van der Waals surface area contributed by atoms with Crippen LogP contribution in [0.3, 0.4) is 0 Å². The van der Waals surface area contributed by atoms with Crippen LogP contribution < -0.4 is 10.0 Å². The molecule has 1 aliphatic carbocycles. The van der Waals surface area contributed by atoms with Gasteiger partial charge in [-0.2, -0.15) is 11.8 Å². The van der Waals surface area contributed by atoms with Crippen LogP contribution in [0.5, 0.6) is 0 Å². The van der Waals surface area contributed by atoms with E-state index in [2.05, 4.69) is 21.9 Å². The lowest BCUT2D eigenvalue weighted by Gasteiger charge is -2.20. The molecule has 0 amide bonds. The van der Waals surface area contributed by atoms with Gasteiger partial charge in [0.15, 0.2) is 0 Å². The molecule has 0 bridgehead atoms. The lowest BCUT2D eigenvalue weighted by Crippen LogP contribution is -2.39. The fourth-order valence-electron chi connectivity index (χ4n) is 2.53. The summed E-state index contributed by atoms with van der Waals surface area (Å²) >= 11 is 1.83. The van der Waals surface area contributed by atoms with E-state index in [0.717, 1.165) is 25.0 Å². The number of aromatic nitrogens is 1. The number of anilines is 1. The summed E-state index contributed by atoms with van der Waals surface area (Å²) in [5.74, 6) is 1.40. The second-order valence-corrected chi connectivity index (χ2v) is 7.95. The lowest BCUT2D eigenvalue weighted by molar-refractivity contribution is 0.555. The largest absolute Gasteiger partial charge is 0.372 e. The van der Waals surface area contributed by atoms with Gasteiger partial charge in [0.1, 0.15) is 10.7 Å². The van der Waals surface area contributed by atoms with E-state index in [1.54, 1.807) is 25.4 Å². The summed E-state index contributed by atoms with van der Waals surface area (Å²) in [6.07, 6.45) is 4.65. The predicted molar refractivity (Wildman–Crippen MR) is 83.7 cm³/mol. The highest BCUT2D eigenvalue weighted by Crippen LogP contribution is 2.31. The summed E-state index contributed by atoms with van der Waals surface area (Å²) in [6.45, 7) is 2.11. The SMILES string of the molecule is CCSC1CCCC1NS(=O)(=O)c1cccnc1NC. The highest BCUT2D eigenvalue weighted by atomic mass is 32.2. The molecule has 1 saturated carbocycles. The smallest absolute Gasteiger partial charge is 0.244 e. The van der Waals surface area contributed by atoms with Gasteiger partial charge in [0.05, 0.1) is 0 Å². The van der Waals surface area contributed by atoms with Crippen LogP contribution in [-0.4, -0.2) is 37.5 Å². The van der Waals surface area contributed by atoms with E-state index in [1.165, 1.54) is 0 Å². The Morgan fingerprint density at radius 3 is 2.95 bits per heavy atom. The average Bonchev–Trinajstić information content (AvgIpc) is 2.86. The highest BCUT2D eigenvalue weighted by molar-refractivity contribution is 8.00. The van der Waals surface area contributed by atoms with Crippen molar-refractivity contribution in [3.63, 3.8) is 0 Å². The van der Waals surface area contributed by atoms with Crippen molar-refractivity contribution in [2.45, 2.75) is 42.4 Å². The molecule has 5 nitrogen and oxygen atoms in total. The number of sulfonamides is 1. The molecule has 0 aliphatic heterocycles. The predicted octanol–water partition coefficient (Wildman–Crippen LogP) is 2.08. The third-order valence-corrected chi connectivity index (χ3v) is 6.28. The Hall–Kier alpha value is -0.790. The van der Waals surface area contributed by atoms with Crippen LogP contribution in [-0.2, 0) is 10.0 Å². The fourth-order valence-corrected chi connectivity index (χ4v) is 5.29. The number of nitrogens with one attached hydrogen (secondary N) is 2. The van der Waals surface area contributed by atoms with E-state index in [-0.39, 0.29) is 10.9 Å². The summed E-state index contributed by atoms with van der Waals surface area (Å²) in [7, 11) is -1.85. The molecule has 1 fully saturated rings. The maximum Gasteiger partial charge on any atom is 0.244 e. The summed E-state index contributed by atoms with van der Waals surface area (Å²) < 4.78 is 27.9. The first-order valence-corrected chi connectivity index (χ1v) is 9.38. The van der Waals surface area contributed by atoms with E-state index in [4.69, 9.17) is 0 Å². The van der Waals surface area contributed by atoms with Crippen molar-refractivity contribution in [2.75, 3.05) is 18.1 Å². The van der Waals surface area contributed by atoms with Crippen LogP contribution in [0.25, 0.3) is 0 Å². The van der Waals surface area contributed by atoms with Gasteiger partial charge >= 0.3 is 0 Å². The zero-order chi connectivity index (χ0) is 14.6. The van der Waals surface area contributed by atoms with Gasteiger partial charge in [-0.3, -0.25) is 0 Å². The van der Waals surface area contributed by atoms with Crippen LogP contribution in [0.15, 0.2) is 23.2 Å². The molecular weight excluding hydrogens is 294 g/mol. The summed E-state index contributed by atoms with van der Waals surface area (Å²) in [4.78, 5) is 4.28. The van der Waals surface area contributed by atoms with Crippen molar-refractivity contribution in [1.82, 2.24) is 9.71 Å². The zero-order valence-electron chi connectivity index (χ0n) is 11.8. The van der Waals surface area contributed by atoms with Crippen molar-refractivity contribution in [3.8, 4) is 0 Å². The van der Waals surface area contributed by atoms with Gasteiger partial charge in [-0.05, 0) is 30.7 Å². The maximum absolute atomic E-state index is 12.5. The molecule has 7 heteroatoms. The number of nitrogens with zero attached hydrogens (tertiary/aromatic N) is 1. The first kappa shape index (κ1) is 15.6. The summed E-state index contributed by atoms with van der Waals surface area (Å²) in [6, 6.07) is 3.25. The molecule has 2 unspecified atom stereocenters. The standard InChI is InChI=1S/C13H21N3O2S2/c1-3-19-11-7-4-6-10(11)16-20(17,18)12-8-5-9-15-13(12)14-2/h5,8-11,16H,3-4,6-7H2,1-2H3,(H,14,15). The third kappa shape index (κ3) is 3.45. The minimum Gasteiger partial charge on any atom is -0.372 e. The topological polar surface area (TPSA) is 71.1 Å². The second kappa shape index (κ2) is 6.78. The number of hydrogen-bond donors (Lipinski definition) is 2. The number of rotatable bonds is 6. The Morgan fingerprint density at radius 1 is 1.45 bits per heavy atom. The van der Waals surface area contributed by atoms with Gasteiger partial charge in [0.2, 0.25) is 10.0 Å². The van der Waals surface area contributed by atoms with Gasteiger partial charge in [-0.1, -0.05) is 13.3 Å². The highest BCUT2D eigenvalue weighted by Gasteiger charge is 2.32. The molecule has 0 spiro atoms. The third-order valence-electron chi connectivity index (χ3n) is 3.44. The molecule has 20 heavy (non-hydrogen) atoms. The van der Waals surface area contributed by atoms with E-state index in [9.17, 15) is 8.42 Å². The van der Waals surface area contributed by atoms with Crippen molar-refractivity contribution in [3.05, 3.63) is 18.3 Å². The molecule has 0 saturated heterocycles. The van der Waals surface area contributed by atoms with Gasteiger partial charge < -0.3 is 5.32 Å². The van der Waals surface area contributed by atoms with Gasteiger partial charge in [0.25, 0.3) is 0 Å². The first-order chi connectivity index (χ1) is 9.58. The molecule has 0 radical (unpaired) electrons. The number of thioether (sulfide) groups is 1. The zero-order valence-corrected chi connectivity index (χ0v) is 13.4. The maximum atomic E-state index is 12.5. The Morgan fingerprint density at radius 2 is 2.25 bits per heavy atom. The Labute approximate surface area is 125 Å². The van der Waals surface area contributed by atoms with Crippen LogP contribution in [0.4, 0.5) is 5.82 Å². The van der Waals surface area contributed by atoms with Crippen molar-refractivity contribution in [2.24, 2.45) is 0 Å². The Kier molecular flexibility index (Phi) is 5.29. The van der Waals surface area contributed by atoms with E-state index >= 15 is 0 Å². The molecule has 2 atom stereocenters. The molecule has 2 rings (SSSR count). The van der Waals surface area contributed by atoms with E-state index < -0.39 is 10.0 Å². The quantitative estimate of drug-likeness (QED) is 0.841. The van der Waals surface area contributed by atoms with Crippen molar-refractivity contribution >= 4 is 27.6 Å². The molecular formula is C13H21N3O2S2. The van der Waals surface area contributed by atoms with Crippen LogP contribution in [0.1, 0.15) is 26.2 Å². The molecule has 0 aromatic carbocycles. The minimum absolute atomic E-state index is 0.0230. The summed E-state index contributed by atoms with van der Waals surface area (Å²) in [5, 5.41) is 3.21. The summed E-state index contributed by atoms with van der Waals surface area (Å²) in [5.41, 5.74) is 0. The van der Waals surface area contributed by atoms with Gasteiger partial charge in [-0.25, -0.2) is 18.1 Å². The average molecular weight is 315 g/mol. The van der Waals surface area contributed by atoms with Crippen LogP contribution >= 0.6 is 11.8 Å². The fraction of sp³-hybridized carbons (Fsp3) is 0.615. The van der Waals surface area contributed by atoms with Crippen molar-refractivity contribution in [1.29, 1.82) is 0 Å². The monoisotopic (exact) mass is 315 g/mol. The number of hydrogen-bond acceptors (Lipinski definition) is 5. The first-order valence-electron chi connectivity index (χ1n) is 6.85. The lowest BCUT2D eigenvalue weighted by atomic mass is 10.3. The number of pyridine rings is 1. The molecule has 1 aromatic heterocycles. The Bertz CT molecular complexity index is 548. The molecule has 1 aliphatic rings. The normalized spacial score (nSPS) is 22.9. The van der Waals surface area contributed by atoms with E-state index in [0.29, 0.717) is 11.1 Å². The van der Waals surface area contributed by atoms with Crippen LogP contribution in [0.2, 0.25) is 0 Å². The molecule has 112 valence electrons. The molecule has 1 aromatic rings. The van der Waals surface area contributed by atoms with Gasteiger partial charge in [0, 0.05) is 24.5 Å². The second-order valence-electron chi connectivity index (χ2n) is 4.75. The minimum atomic E-state index is -3.53. The molecule has 1 heterocycles. The van der Waals surface area contributed by atoms with Crippen molar-refractivity contribution < 1.29 is 8.42 Å². The van der Waals surface area contributed by atoms with Crippen LogP contribution in [0, 0.1) is 0 Å². The van der Waals surface area contributed by atoms with Gasteiger partial charge in [-0.15, -0.1) is 0 Å². The Balaban J connectivity index is 2.18. The van der Waals surface area contributed by atoms with E-state index in [1.807, 2.05) is 11.8 Å².